The van der Waals surface area contributed by atoms with Crippen molar-refractivity contribution in [2.75, 3.05) is 11.9 Å². The number of rotatable bonds is 5. The third kappa shape index (κ3) is 4.49. The molecule has 0 bridgehead atoms. The molecular weight excluding hydrogens is 466 g/mol. The van der Waals surface area contributed by atoms with Crippen LogP contribution in [0, 0.1) is 0 Å². The Balaban J connectivity index is 1.28. The van der Waals surface area contributed by atoms with Crippen molar-refractivity contribution in [3.8, 4) is 10.6 Å². The van der Waals surface area contributed by atoms with E-state index in [1.165, 1.54) is 12.1 Å². The average molecular weight is 492 g/mol. The third-order valence-corrected chi connectivity index (χ3v) is 9.26. The van der Waals surface area contributed by atoms with Gasteiger partial charge in [0.25, 0.3) is 5.91 Å². The highest BCUT2D eigenvalue weighted by atomic mass is 32.2. The van der Waals surface area contributed by atoms with Crippen LogP contribution in [0.1, 0.15) is 36.5 Å². The number of nitrogens with one attached hydrogen (secondary N) is 1. The van der Waals surface area contributed by atoms with Crippen LogP contribution in [0.15, 0.2) is 77.7 Å². The number of hydrogen-bond acceptors (Lipinski definition) is 5. The van der Waals surface area contributed by atoms with Gasteiger partial charge in [-0.3, -0.25) is 4.79 Å². The summed E-state index contributed by atoms with van der Waals surface area (Å²) in [5, 5.41) is 3.81. The minimum Gasteiger partial charge on any atom is -0.322 e. The van der Waals surface area contributed by atoms with Gasteiger partial charge >= 0.3 is 0 Å². The van der Waals surface area contributed by atoms with Crippen LogP contribution in [0.3, 0.4) is 0 Å². The highest BCUT2D eigenvalue weighted by Gasteiger charge is 2.30. The molecule has 1 aliphatic heterocycles. The van der Waals surface area contributed by atoms with Crippen molar-refractivity contribution in [3.05, 3.63) is 78.4 Å². The summed E-state index contributed by atoms with van der Waals surface area (Å²) in [7, 11) is -3.56. The van der Waals surface area contributed by atoms with E-state index >= 15 is 0 Å². The van der Waals surface area contributed by atoms with E-state index in [0.717, 1.165) is 40.1 Å². The Morgan fingerprint density at radius 1 is 1.00 bits per heavy atom. The maximum Gasteiger partial charge on any atom is 0.255 e. The second-order valence-electron chi connectivity index (χ2n) is 8.50. The molecule has 1 fully saturated rings. The normalized spacial score (nSPS) is 17.0. The molecule has 34 heavy (non-hydrogen) atoms. The summed E-state index contributed by atoms with van der Waals surface area (Å²) in [5.74, 6) is -0.289. The number of carbonyl (C=O) groups excluding carboxylic acids is 1. The Kier molecular flexibility index (Phi) is 6.20. The first-order chi connectivity index (χ1) is 16.4. The van der Waals surface area contributed by atoms with Gasteiger partial charge < -0.3 is 5.32 Å². The van der Waals surface area contributed by atoms with E-state index in [1.54, 1.807) is 27.8 Å². The Hall–Kier alpha value is -3.07. The van der Waals surface area contributed by atoms with Gasteiger partial charge in [0.15, 0.2) is 0 Å². The molecule has 1 amide bonds. The summed E-state index contributed by atoms with van der Waals surface area (Å²) in [6, 6.07) is 21.7. The molecule has 6 nitrogen and oxygen atoms in total. The standard InChI is InChI=1S/C26H25N3O3S2/c1-18-6-4-5-17-29(18)34(31,32)22-15-11-19(12-16-22)25(30)27-21-13-9-20(10-14-21)26-28-23-7-2-3-8-24(23)33-26/h2-3,7-16,18H,4-6,17H2,1H3,(H,27,30). The van der Waals surface area contributed by atoms with Crippen molar-refractivity contribution >= 4 is 43.2 Å². The zero-order chi connectivity index (χ0) is 23.7. The Morgan fingerprint density at radius 3 is 2.44 bits per heavy atom. The van der Waals surface area contributed by atoms with E-state index in [-0.39, 0.29) is 16.8 Å². The lowest BCUT2D eigenvalue weighted by molar-refractivity contribution is 0.102. The summed E-state index contributed by atoms with van der Waals surface area (Å²) < 4.78 is 28.7. The van der Waals surface area contributed by atoms with E-state index in [0.29, 0.717) is 17.8 Å². The molecule has 0 radical (unpaired) electrons. The van der Waals surface area contributed by atoms with Gasteiger partial charge in [-0.15, -0.1) is 11.3 Å². The van der Waals surface area contributed by atoms with Crippen molar-refractivity contribution in [1.29, 1.82) is 0 Å². The van der Waals surface area contributed by atoms with Gasteiger partial charge in [-0.05, 0) is 80.4 Å². The molecule has 0 spiro atoms. The Labute approximate surface area is 203 Å². The van der Waals surface area contributed by atoms with E-state index in [1.807, 2.05) is 49.4 Å². The SMILES string of the molecule is CC1CCCCN1S(=O)(=O)c1ccc(C(=O)Nc2ccc(-c3nc4ccccc4s3)cc2)cc1. The number of para-hydroxylation sites is 1. The second-order valence-corrected chi connectivity index (χ2v) is 11.4. The maximum atomic E-state index is 13.0. The zero-order valence-corrected chi connectivity index (χ0v) is 20.4. The number of aromatic nitrogens is 1. The molecular formula is C26H25N3O3S2. The van der Waals surface area contributed by atoms with Gasteiger partial charge in [-0.25, -0.2) is 13.4 Å². The lowest BCUT2D eigenvalue weighted by Gasteiger charge is -2.32. The maximum absolute atomic E-state index is 13.0. The molecule has 0 saturated carbocycles. The first kappa shape index (κ1) is 22.7. The number of sulfonamides is 1. The van der Waals surface area contributed by atoms with Crippen LogP contribution >= 0.6 is 11.3 Å². The average Bonchev–Trinajstić information content (AvgIpc) is 3.29. The summed E-state index contributed by atoms with van der Waals surface area (Å²) in [6.45, 7) is 2.49. The Bertz CT molecular complexity index is 1400. The van der Waals surface area contributed by atoms with Crippen LogP contribution in [-0.4, -0.2) is 36.2 Å². The number of piperidine rings is 1. The van der Waals surface area contributed by atoms with Gasteiger partial charge in [0.1, 0.15) is 5.01 Å². The highest BCUT2D eigenvalue weighted by Crippen LogP contribution is 2.31. The fraction of sp³-hybridized carbons (Fsp3) is 0.231. The predicted octanol–water partition coefficient (Wildman–Crippen LogP) is 5.78. The number of hydrogen-bond donors (Lipinski definition) is 1. The molecule has 1 saturated heterocycles. The minimum absolute atomic E-state index is 0.00698. The fourth-order valence-electron chi connectivity index (χ4n) is 4.24. The van der Waals surface area contributed by atoms with Crippen molar-refractivity contribution in [1.82, 2.24) is 9.29 Å². The number of carbonyl (C=O) groups is 1. The molecule has 1 N–H and O–H groups in total. The van der Waals surface area contributed by atoms with E-state index in [4.69, 9.17) is 0 Å². The van der Waals surface area contributed by atoms with Crippen LogP contribution in [0.2, 0.25) is 0 Å². The molecule has 2 heterocycles. The first-order valence-electron chi connectivity index (χ1n) is 11.3. The van der Waals surface area contributed by atoms with Gasteiger partial charge in [0.05, 0.1) is 15.1 Å². The molecule has 4 aromatic rings. The fourth-order valence-corrected chi connectivity index (χ4v) is 6.91. The van der Waals surface area contributed by atoms with Gasteiger partial charge in [0, 0.05) is 29.4 Å². The van der Waals surface area contributed by atoms with Gasteiger partial charge in [-0.2, -0.15) is 4.31 Å². The topological polar surface area (TPSA) is 79.4 Å². The predicted molar refractivity (Wildman–Crippen MR) is 137 cm³/mol. The molecule has 5 rings (SSSR count). The highest BCUT2D eigenvalue weighted by molar-refractivity contribution is 7.89. The van der Waals surface area contributed by atoms with E-state index < -0.39 is 10.0 Å². The summed E-state index contributed by atoms with van der Waals surface area (Å²) in [4.78, 5) is 17.6. The van der Waals surface area contributed by atoms with Crippen molar-refractivity contribution in [2.45, 2.75) is 37.1 Å². The van der Waals surface area contributed by atoms with Gasteiger partial charge in [-0.1, -0.05) is 18.6 Å². The van der Waals surface area contributed by atoms with E-state index in [9.17, 15) is 13.2 Å². The number of fused-ring (bicyclic) bond motifs is 1. The van der Waals surface area contributed by atoms with Crippen molar-refractivity contribution in [3.63, 3.8) is 0 Å². The number of nitrogens with zero attached hydrogens (tertiary/aromatic N) is 2. The molecule has 1 aromatic heterocycles. The number of thiazole rings is 1. The smallest absolute Gasteiger partial charge is 0.255 e. The molecule has 8 heteroatoms. The van der Waals surface area contributed by atoms with E-state index in [2.05, 4.69) is 16.4 Å². The summed E-state index contributed by atoms with van der Waals surface area (Å²) in [6.07, 6.45) is 2.80. The second kappa shape index (κ2) is 9.29. The molecule has 0 aliphatic carbocycles. The molecule has 3 aromatic carbocycles. The van der Waals surface area contributed by atoms with Crippen LogP contribution in [0.5, 0.6) is 0 Å². The van der Waals surface area contributed by atoms with Crippen LogP contribution in [0.25, 0.3) is 20.8 Å². The summed E-state index contributed by atoms with van der Waals surface area (Å²) >= 11 is 1.63. The zero-order valence-electron chi connectivity index (χ0n) is 18.8. The largest absolute Gasteiger partial charge is 0.322 e. The van der Waals surface area contributed by atoms with Crippen LogP contribution in [0.4, 0.5) is 5.69 Å². The molecule has 1 atom stereocenters. The van der Waals surface area contributed by atoms with Gasteiger partial charge in [0.2, 0.25) is 10.0 Å². The molecule has 1 aliphatic rings. The van der Waals surface area contributed by atoms with Crippen molar-refractivity contribution < 1.29 is 13.2 Å². The monoisotopic (exact) mass is 491 g/mol. The molecule has 174 valence electrons. The molecule has 1 unspecified atom stereocenters. The van der Waals surface area contributed by atoms with Crippen LogP contribution in [-0.2, 0) is 10.0 Å². The number of anilines is 1. The third-order valence-electron chi connectivity index (χ3n) is 6.15. The van der Waals surface area contributed by atoms with Crippen molar-refractivity contribution in [2.24, 2.45) is 0 Å². The summed E-state index contributed by atoms with van der Waals surface area (Å²) in [5.41, 5.74) is 3.02. The Morgan fingerprint density at radius 2 is 1.74 bits per heavy atom. The first-order valence-corrected chi connectivity index (χ1v) is 13.6. The lowest BCUT2D eigenvalue weighted by Crippen LogP contribution is -2.41. The minimum atomic E-state index is -3.56. The quantitative estimate of drug-likeness (QED) is 0.384. The van der Waals surface area contributed by atoms with Crippen LogP contribution < -0.4 is 5.32 Å². The lowest BCUT2D eigenvalue weighted by atomic mass is 10.1. The number of benzene rings is 3. The number of amides is 1.